The topological polar surface area (TPSA) is 82.2 Å². The predicted molar refractivity (Wildman–Crippen MR) is 123 cm³/mol. The Morgan fingerprint density at radius 2 is 1.88 bits per heavy atom. The Morgan fingerprint density at radius 1 is 1.09 bits per heavy atom. The van der Waals surface area contributed by atoms with Crippen LogP contribution in [0.3, 0.4) is 0 Å². The van der Waals surface area contributed by atoms with E-state index in [1.807, 2.05) is 24.3 Å². The van der Waals surface area contributed by atoms with Crippen LogP contribution in [0.2, 0.25) is 0 Å². The SMILES string of the molecule is COc1cc(C(=O)Nc2ccc(-c3csc(N4CCOCC4)n3)cc2)cc2c1OCCO2. The number of nitrogens with zero attached hydrogens (tertiary/aromatic N) is 2. The second-order valence-electron chi connectivity index (χ2n) is 7.35. The summed E-state index contributed by atoms with van der Waals surface area (Å²) in [6.07, 6.45) is 0. The fraction of sp³-hybridized carbons (Fsp3) is 0.304. The summed E-state index contributed by atoms with van der Waals surface area (Å²) in [7, 11) is 1.54. The summed E-state index contributed by atoms with van der Waals surface area (Å²) in [4.78, 5) is 19.8. The van der Waals surface area contributed by atoms with Gasteiger partial charge in [0.1, 0.15) is 13.2 Å². The van der Waals surface area contributed by atoms with E-state index < -0.39 is 0 Å². The number of morpholine rings is 1. The van der Waals surface area contributed by atoms with Crippen molar-refractivity contribution in [2.75, 3.05) is 56.8 Å². The third-order valence-corrected chi connectivity index (χ3v) is 6.20. The minimum Gasteiger partial charge on any atom is -0.493 e. The highest BCUT2D eigenvalue weighted by Gasteiger charge is 2.21. The van der Waals surface area contributed by atoms with Gasteiger partial charge in [0.15, 0.2) is 16.6 Å². The molecule has 8 nitrogen and oxygen atoms in total. The number of ether oxygens (including phenoxy) is 4. The van der Waals surface area contributed by atoms with Crippen molar-refractivity contribution in [2.45, 2.75) is 0 Å². The summed E-state index contributed by atoms with van der Waals surface area (Å²) < 4.78 is 22.0. The van der Waals surface area contributed by atoms with Crippen molar-refractivity contribution in [1.82, 2.24) is 4.98 Å². The van der Waals surface area contributed by atoms with Crippen molar-refractivity contribution in [3.63, 3.8) is 0 Å². The minimum atomic E-state index is -0.253. The number of thiazole rings is 1. The van der Waals surface area contributed by atoms with Gasteiger partial charge in [-0.1, -0.05) is 12.1 Å². The first-order valence-electron chi connectivity index (χ1n) is 10.4. The zero-order valence-electron chi connectivity index (χ0n) is 17.6. The lowest BCUT2D eigenvalue weighted by Gasteiger charge is -2.26. The molecule has 0 unspecified atom stereocenters. The Hall–Kier alpha value is -3.30. The van der Waals surface area contributed by atoms with E-state index in [-0.39, 0.29) is 5.91 Å². The van der Waals surface area contributed by atoms with Gasteiger partial charge in [-0.15, -0.1) is 11.3 Å². The standard InChI is InChI=1S/C23H23N3O5S/c1-28-19-12-16(13-20-21(19)31-11-10-30-20)22(27)24-17-4-2-15(3-5-17)18-14-32-23(25-18)26-6-8-29-9-7-26/h2-5,12-14H,6-11H2,1H3,(H,24,27). The molecule has 2 aliphatic rings. The third kappa shape index (κ3) is 4.21. The highest BCUT2D eigenvalue weighted by Crippen LogP contribution is 2.40. The number of nitrogens with one attached hydrogen (secondary N) is 1. The Bertz CT molecular complexity index is 1090. The molecule has 0 bridgehead atoms. The zero-order valence-corrected chi connectivity index (χ0v) is 18.4. The van der Waals surface area contributed by atoms with Crippen LogP contribution < -0.4 is 24.4 Å². The summed E-state index contributed by atoms with van der Waals surface area (Å²) in [5, 5.41) is 5.98. The Kier molecular flexibility index (Phi) is 5.83. The maximum absolute atomic E-state index is 12.8. The quantitative estimate of drug-likeness (QED) is 0.631. The molecule has 1 amide bonds. The smallest absolute Gasteiger partial charge is 0.255 e. The van der Waals surface area contributed by atoms with Gasteiger partial charge in [0.25, 0.3) is 5.91 Å². The molecule has 5 rings (SSSR count). The van der Waals surface area contributed by atoms with Gasteiger partial charge < -0.3 is 29.2 Å². The van der Waals surface area contributed by atoms with Gasteiger partial charge >= 0.3 is 0 Å². The molecular weight excluding hydrogens is 430 g/mol. The van der Waals surface area contributed by atoms with Gasteiger partial charge in [0.2, 0.25) is 5.75 Å². The molecule has 0 radical (unpaired) electrons. The molecule has 0 aliphatic carbocycles. The summed E-state index contributed by atoms with van der Waals surface area (Å²) >= 11 is 1.63. The molecule has 3 aromatic rings. The second-order valence-corrected chi connectivity index (χ2v) is 8.19. The Morgan fingerprint density at radius 3 is 2.66 bits per heavy atom. The maximum atomic E-state index is 12.8. The van der Waals surface area contributed by atoms with E-state index in [0.29, 0.717) is 41.7 Å². The fourth-order valence-corrected chi connectivity index (χ4v) is 4.52. The number of methoxy groups -OCH3 is 1. The highest BCUT2D eigenvalue weighted by atomic mass is 32.1. The number of amides is 1. The molecule has 3 heterocycles. The molecule has 9 heteroatoms. The van der Waals surface area contributed by atoms with Crippen LogP contribution >= 0.6 is 11.3 Å². The molecule has 2 aliphatic heterocycles. The van der Waals surface area contributed by atoms with Crippen molar-refractivity contribution in [1.29, 1.82) is 0 Å². The Labute approximate surface area is 189 Å². The first kappa shape index (κ1) is 20.6. The van der Waals surface area contributed by atoms with Crippen LogP contribution in [0.4, 0.5) is 10.8 Å². The summed E-state index contributed by atoms with van der Waals surface area (Å²) in [6, 6.07) is 11.0. The number of rotatable bonds is 5. The molecule has 0 saturated carbocycles. The van der Waals surface area contributed by atoms with Gasteiger partial charge in [-0.3, -0.25) is 4.79 Å². The van der Waals surface area contributed by atoms with Gasteiger partial charge in [-0.2, -0.15) is 0 Å². The van der Waals surface area contributed by atoms with Crippen molar-refractivity contribution in [3.8, 4) is 28.5 Å². The van der Waals surface area contributed by atoms with Crippen molar-refractivity contribution in [2.24, 2.45) is 0 Å². The van der Waals surface area contributed by atoms with E-state index >= 15 is 0 Å². The number of hydrogen-bond acceptors (Lipinski definition) is 8. The molecule has 1 fully saturated rings. The predicted octanol–water partition coefficient (Wildman–Crippen LogP) is 3.68. The normalized spacial score (nSPS) is 15.3. The molecule has 32 heavy (non-hydrogen) atoms. The first-order chi connectivity index (χ1) is 15.7. The number of fused-ring (bicyclic) bond motifs is 1. The van der Waals surface area contributed by atoms with Crippen LogP contribution in [-0.2, 0) is 4.74 Å². The fourth-order valence-electron chi connectivity index (χ4n) is 3.63. The molecular formula is C23H23N3O5S. The van der Waals surface area contributed by atoms with E-state index in [0.717, 1.165) is 42.7 Å². The van der Waals surface area contributed by atoms with Crippen molar-refractivity contribution >= 4 is 28.1 Å². The molecule has 2 aromatic carbocycles. The van der Waals surface area contributed by atoms with E-state index in [4.69, 9.17) is 23.9 Å². The van der Waals surface area contributed by atoms with Gasteiger partial charge in [-0.05, 0) is 24.3 Å². The lowest BCUT2D eigenvalue weighted by molar-refractivity contribution is 0.102. The number of hydrogen-bond donors (Lipinski definition) is 1. The molecule has 0 spiro atoms. The second kappa shape index (κ2) is 9.05. The van der Waals surface area contributed by atoms with E-state index in [2.05, 4.69) is 15.6 Å². The zero-order chi connectivity index (χ0) is 21.9. The lowest BCUT2D eigenvalue weighted by atomic mass is 10.1. The van der Waals surface area contributed by atoms with Crippen LogP contribution in [-0.4, -0.2) is 57.5 Å². The highest BCUT2D eigenvalue weighted by molar-refractivity contribution is 7.14. The van der Waals surface area contributed by atoms with Gasteiger partial charge in [0.05, 0.1) is 26.0 Å². The third-order valence-electron chi connectivity index (χ3n) is 5.30. The largest absolute Gasteiger partial charge is 0.493 e. The van der Waals surface area contributed by atoms with Crippen LogP contribution in [0.25, 0.3) is 11.3 Å². The van der Waals surface area contributed by atoms with E-state index in [9.17, 15) is 4.79 Å². The number of carbonyl (C=O) groups is 1. The summed E-state index contributed by atoms with van der Waals surface area (Å²) in [6.45, 7) is 4.09. The van der Waals surface area contributed by atoms with Crippen molar-refractivity contribution in [3.05, 3.63) is 47.3 Å². The maximum Gasteiger partial charge on any atom is 0.255 e. The summed E-state index contributed by atoms with van der Waals surface area (Å²) in [5.41, 5.74) is 3.05. The molecule has 166 valence electrons. The first-order valence-corrected chi connectivity index (χ1v) is 11.3. The lowest BCUT2D eigenvalue weighted by Crippen LogP contribution is -2.36. The van der Waals surface area contributed by atoms with Crippen LogP contribution in [0.1, 0.15) is 10.4 Å². The molecule has 0 atom stereocenters. The average Bonchev–Trinajstić information content (AvgIpc) is 3.35. The monoisotopic (exact) mass is 453 g/mol. The van der Waals surface area contributed by atoms with Crippen molar-refractivity contribution < 1.29 is 23.7 Å². The molecule has 1 aromatic heterocycles. The molecule has 1 N–H and O–H groups in total. The average molecular weight is 454 g/mol. The van der Waals surface area contributed by atoms with Gasteiger partial charge in [-0.25, -0.2) is 4.98 Å². The van der Waals surface area contributed by atoms with E-state index in [1.165, 1.54) is 7.11 Å². The van der Waals surface area contributed by atoms with Gasteiger partial charge in [0, 0.05) is 35.3 Å². The molecule has 1 saturated heterocycles. The van der Waals surface area contributed by atoms with E-state index in [1.54, 1.807) is 23.5 Å². The summed E-state index contributed by atoms with van der Waals surface area (Å²) in [5.74, 6) is 1.26. The van der Waals surface area contributed by atoms with Crippen LogP contribution in [0.5, 0.6) is 17.2 Å². The number of carbonyl (C=O) groups excluding carboxylic acids is 1. The number of aromatic nitrogens is 1. The van der Waals surface area contributed by atoms with Crippen LogP contribution in [0.15, 0.2) is 41.8 Å². The Balaban J connectivity index is 1.29. The van der Waals surface area contributed by atoms with Crippen LogP contribution in [0, 0.1) is 0 Å². The number of anilines is 2. The number of benzene rings is 2. The minimum absolute atomic E-state index is 0.253.